The molecule has 2 aromatic carbocycles. The zero-order valence-electron chi connectivity index (χ0n) is 11.8. The van der Waals surface area contributed by atoms with Crippen molar-refractivity contribution in [1.29, 1.82) is 0 Å². The standard InChI is InChI=1S/C17H14ClNO2/c1-19-10-13(16-14(19)7-4-8-15(16)21-2)17(20)11-5-3-6-12(18)9-11/h3-10H,1-2H3. The van der Waals surface area contributed by atoms with E-state index in [1.54, 1.807) is 31.4 Å². The summed E-state index contributed by atoms with van der Waals surface area (Å²) in [6.07, 6.45) is 1.83. The number of aryl methyl sites for hydroxylation is 1. The van der Waals surface area contributed by atoms with Crippen LogP contribution in [0.2, 0.25) is 5.02 Å². The molecule has 0 saturated carbocycles. The molecule has 3 aromatic rings. The van der Waals surface area contributed by atoms with E-state index in [9.17, 15) is 4.79 Å². The van der Waals surface area contributed by atoms with Crippen LogP contribution in [0.1, 0.15) is 15.9 Å². The molecule has 0 atom stereocenters. The van der Waals surface area contributed by atoms with Gasteiger partial charge in [0.2, 0.25) is 0 Å². The fourth-order valence-corrected chi connectivity index (χ4v) is 2.73. The van der Waals surface area contributed by atoms with Gasteiger partial charge in [0, 0.05) is 23.8 Å². The lowest BCUT2D eigenvalue weighted by molar-refractivity contribution is 0.104. The molecule has 0 aliphatic rings. The van der Waals surface area contributed by atoms with E-state index in [-0.39, 0.29) is 5.78 Å². The summed E-state index contributed by atoms with van der Waals surface area (Å²) >= 11 is 5.98. The van der Waals surface area contributed by atoms with Gasteiger partial charge in [-0.3, -0.25) is 4.79 Å². The number of ether oxygens (including phenoxy) is 1. The van der Waals surface area contributed by atoms with Gasteiger partial charge in [0.1, 0.15) is 5.75 Å². The second-order valence-corrected chi connectivity index (χ2v) is 5.28. The molecule has 0 spiro atoms. The first-order valence-electron chi connectivity index (χ1n) is 6.54. The summed E-state index contributed by atoms with van der Waals surface area (Å²) in [4.78, 5) is 12.8. The molecule has 1 heterocycles. The highest BCUT2D eigenvalue weighted by Gasteiger charge is 2.18. The molecular formula is C17H14ClNO2. The summed E-state index contributed by atoms with van der Waals surface area (Å²) in [5, 5.41) is 1.38. The number of carbonyl (C=O) groups excluding carboxylic acids is 1. The van der Waals surface area contributed by atoms with Crippen LogP contribution in [0.3, 0.4) is 0 Å². The number of rotatable bonds is 3. The number of ketones is 1. The Balaban J connectivity index is 2.23. The van der Waals surface area contributed by atoms with E-state index in [1.807, 2.05) is 36.0 Å². The number of hydrogen-bond donors (Lipinski definition) is 0. The van der Waals surface area contributed by atoms with Gasteiger partial charge in [0.25, 0.3) is 0 Å². The highest BCUT2D eigenvalue weighted by molar-refractivity contribution is 6.31. The number of methoxy groups -OCH3 is 1. The molecule has 0 saturated heterocycles. The van der Waals surface area contributed by atoms with E-state index in [0.717, 1.165) is 10.9 Å². The van der Waals surface area contributed by atoms with Gasteiger partial charge in [-0.15, -0.1) is 0 Å². The lowest BCUT2D eigenvalue weighted by atomic mass is 10.0. The maximum atomic E-state index is 12.8. The Kier molecular flexibility index (Phi) is 3.43. The maximum Gasteiger partial charge on any atom is 0.195 e. The molecule has 21 heavy (non-hydrogen) atoms. The molecule has 3 rings (SSSR count). The Labute approximate surface area is 127 Å². The molecule has 106 valence electrons. The minimum absolute atomic E-state index is 0.0624. The number of nitrogens with zero attached hydrogens (tertiary/aromatic N) is 1. The number of halogens is 1. The summed E-state index contributed by atoms with van der Waals surface area (Å²) in [5.74, 6) is 0.631. The topological polar surface area (TPSA) is 31.2 Å². The SMILES string of the molecule is COc1cccc2c1c(C(=O)c1cccc(Cl)c1)cn2C. The van der Waals surface area contributed by atoms with Crippen molar-refractivity contribution in [2.75, 3.05) is 7.11 Å². The van der Waals surface area contributed by atoms with Crippen LogP contribution in [0.15, 0.2) is 48.7 Å². The van der Waals surface area contributed by atoms with E-state index in [2.05, 4.69) is 0 Å². The highest BCUT2D eigenvalue weighted by Crippen LogP contribution is 2.31. The molecule has 0 N–H and O–H groups in total. The van der Waals surface area contributed by atoms with Crippen molar-refractivity contribution in [1.82, 2.24) is 4.57 Å². The Morgan fingerprint density at radius 2 is 1.95 bits per heavy atom. The van der Waals surface area contributed by atoms with Crippen molar-refractivity contribution in [3.05, 3.63) is 64.8 Å². The molecular weight excluding hydrogens is 286 g/mol. The van der Waals surface area contributed by atoms with Crippen molar-refractivity contribution in [2.45, 2.75) is 0 Å². The summed E-state index contributed by atoms with van der Waals surface area (Å²) in [6.45, 7) is 0. The first-order chi connectivity index (χ1) is 10.1. The van der Waals surface area contributed by atoms with E-state index in [4.69, 9.17) is 16.3 Å². The van der Waals surface area contributed by atoms with Crippen molar-refractivity contribution in [2.24, 2.45) is 7.05 Å². The van der Waals surface area contributed by atoms with Crippen LogP contribution in [0.25, 0.3) is 10.9 Å². The zero-order chi connectivity index (χ0) is 15.0. The predicted octanol–water partition coefficient (Wildman–Crippen LogP) is 4.07. The molecule has 0 bridgehead atoms. The quantitative estimate of drug-likeness (QED) is 0.683. The van der Waals surface area contributed by atoms with Crippen LogP contribution in [0.5, 0.6) is 5.75 Å². The summed E-state index contributed by atoms with van der Waals surface area (Å²) < 4.78 is 7.33. The summed E-state index contributed by atoms with van der Waals surface area (Å²) in [7, 11) is 3.52. The third-order valence-electron chi connectivity index (χ3n) is 3.53. The average molecular weight is 300 g/mol. The number of carbonyl (C=O) groups is 1. The molecule has 3 nitrogen and oxygen atoms in total. The van der Waals surface area contributed by atoms with E-state index in [0.29, 0.717) is 21.9 Å². The zero-order valence-corrected chi connectivity index (χ0v) is 12.5. The second kappa shape index (κ2) is 5.26. The van der Waals surface area contributed by atoms with Gasteiger partial charge in [-0.2, -0.15) is 0 Å². The highest BCUT2D eigenvalue weighted by atomic mass is 35.5. The number of benzene rings is 2. The van der Waals surface area contributed by atoms with Gasteiger partial charge in [0.05, 0.1) is 23.6 Å². The van der Waals surface area contributed by atoms with E-state index in [1.165, 1.54) is 0 Å². The number of fused-ring (bicyclic) bond motifs is 1. The maximum absolute atomic E-state index is 12.8. The van der Waals surface area contributed by atoms with Gasteiger partial charge in [-0.1, -0.05) is 29.8 Å². The van der Waals surface area contributed by atoms with E-state index < -0.39 is 0 Å². The minimum Gasteiger partial charge on any atom is -0.496 e. The van der Waals surface area contributed by atoms with E-state index >= 15 is 0 Å². The monoisotopic (exact) mass is 299 g/mol. The van der Waals surface area contributed by atoms with Gasteiger partial charge >= 0.3 is 0 Å². The summed E-state index contributed by atoms with van der Waals surface area (Å²) in [6, 6.07) is 12.7. The molecule has 1 aromatic heterocycles. The fourth-order valence-electron chi connectivity index (χ4n) is 2.54. The normalized spacial score (nSPS) is 10.8. The smallest absolute Gasteiger partial charge is 0.195 e. The second-order valence-electron chi connectivity index (χ2n) is 4.85. The van der Waals surface area contributed by atoms with Crippen LogP contribution in [-0.2, 0) is 7.05 Å². The predicted molar refractivity (Wildman–Crippen MR) is 84.4 cm³/mol. The largest absolute Gasteiger partial charge is 0.496 e. The van der Waals surface area contributed by atoms with Crippen LogP contribution >= 0.6 is 11.6 Å². The lowest BCUT2D eigenvalue weighted by Crippen LogP contribution is -2.01. The third kappa shape index (κ3) is 2.30. The molecule has 4 heteroatoms. The summed E-state index contributed by atoms with van der Waals surface area (Å²) in [5.41, 5.74) is 2.15. The van der Waals surface area contributed by atoms with Crippen molar-refractivity contribution in [3.8, 4) is 5.75 Å². The molecule has 0 radical (unpaired) electrons. The Hall–Kier alpha value is -2.26. The van der Waals surface area contributed by atoms with Crippen LogP contribution in [0, 0.1) is 0 Å². The molecule has 0 amide bonds. The van der Waals surface area contributed by atoms with Gasteiger partial charge in [-0.25, -0.2) is 0 Å². The average Bonchev–Trinajstić information content (AvgIpc) is 2.84. The fraction of sp³-hybridized carbons (Fsp3) is 0.118. The minimum atomic E-state index is -0.0624. The van der Waals surface area contributed by atoms with Crippen LogP contribution in [0.4, 0.5) is 0 Å². The van der Waals surface area contributed by atoms with Gasteiger partial charge < -0.3 is 9.30 Å². The van der Waals surface area contributed by atoms with Crippen molar-refractivity contribution < 1.29 is 9.53 Å². The Morgan fingerprint density at radius 1 is 1.19 bits per heavy atom. The third-order valence-corrected chi connectivity index (χ3v) is 3.76. The first kappa shape index (κ1) is 13.7. The van der Waals surface area contributed by atoms with Crippen molar-refractivity contribution >= 4 is 28.3 Å². The van der Waals surface area contributed by atoms with Crippen LogP contribution in [-0.4, -0.2) is 17.5 Å². The van der Waals surface area contributed by atoms with Crippen molar-refractivity contribution in [3.63, 3.8) is 0 Å². The molecule has 0 aliphatic heterocycles. The Morgan fingerprint density at radius 3 is 2.67 bits per heavy atom. The van der Waals surface area contributed by atoms with Gasteiger partial charge in [0.15, 0.2) is 5.78 Å². The van der Waals surface area contributed by atoms with Gasteiger partial charge in [-0.05, 0) is 24.3 Å². The number of aromatic nitrogens is 1. The molecule has 0 unspecified atom stereocenters. The van der Waals surface area contributed by atoms with Crippen LogP contribution < -0.4 is 4.74 Å². The Bertz CT molecular complexity index is 836. The molecule has 0 aliphatic carbocycles. The number of hydrogen-bond acceptors (Lipinski definition) is 2. The first-order valence-corrected chi connectivity index (χ1v) is 6.92. The molecule has 0 fully saturated rings. The lowest BCUT2D eigenvalue weighted by Gasteiger charge is -2.05.